The summed E-state index contributed by atoms with van der Waals surface area (Å²) in [5, 5.41) is 0. The molecule has 1 fully saturated rings. The molecule has 1 saturated heterocycles. The number of nitrogens with zero attached hydrogens (tertiary/aromatic N) is 1. The van der Waals surface area contributed by atoms with E-state index in [2.05, 4.69) is 9.62 Å². The molecule has 34 heavy (non-hydrogen) atoms. The Labute approximate surface area is 202 Å². The Morgan fingerprint density at radius 2 is 1.47 bits per heavy atom. The predicted octanol–water partition coefficient (Wildman–Crippen LogP) is 4.07. The quantitative estimate of drug-likeness (QED) is 0.419. The van der Waals surface area contributed by atoms with Crippen LogP contribution in [0.1, 0.15) is 17.5 Å². The number of hydrogen-bond acceptors (Lipinski definition) is 5. The Balaban J connectivity index is 1.24. The minimum Gasteiger partial charge on any atom is -0.494 e. The maximum atomic E-state index is 12.4. The molecule has 0 unspecified atom stereocenters. The van der Waals surface area contributed by atoms with Crippen molar-refractivity contribution in [1.82, 2.24) is 9.62 Å². The molecule has 3 aromatic carbocycles. The topological polar surface area (TPSA) is 67.9 Å². The van der Waals surface area contributed by atoms with Gasteiger partial charge in [0, 0.05) is 26.2 Å². The Bertz CT molecular complexity index is 1110. The van der Waals surface area contributed by atoms with E-state index < -0.39 is 10.0 Å². The van der Waals surface area contributed by atoms with Gasteiger partial charge in [-0.1, -0.05) is 66.7 Å². The van der Waals surface area contributed by atoms with Gasteiger partial charge in [0.15, 0.2) is 0 Å². The molecule has 0 spiro atoms. The van der Waals surface area contributed by atoms with Crippen LogP contribution in [0.4, 0.5) is 0 Å². The van der Waals surface area contributed by atoms with Crippen LogP contribution in [0, 0.1) is 0 Å². The van der Waals surface area contributed by atoms with Gasteiger partial charge in [-0.25, -0.2) is 13.1 Å². The van der Waals surface area contributed by atoms with Crippen molar-refractivity contribution in [3.05, 3.63) is 90.0 Å². The van der Waals surface area contributed by atoms with E-state index in [-0.39, 0.29) is 5.75 Å². The number of rotatable bonds is 11. The number of benzene rings is 3. The van der Waals surface area contributed by atoms with Crippen LogP contribution in [0.15, 0.2) is 78.9 Å². The standard InChI is InChI=1S/C27H32N2O4S/c30-34(31,28-21-23-5-2-1-3-6-23)22-24-7-9-25(10-8-24)26-11-13-27(14-12-26)33-18-4-15-29-16-19-32-20-17-29/h1-3,5-14,28H,4,15-22H2. The third-order valence-electron chi connectivity index (χ3n) is 5.83. The average Bonchev–Trinajstić information content (AvgIpc) is 2.87. The summed E-state index contributed by atoms with van der Waals surface area (Å²) in [6.45, 7) is 5.67. The lowest BCUT2D eigenvalue weighted by Crippen LogP contribution is -2.37. The zero-order chi connectivity index (χ0) is 23.6. The van der Waals surface area contributed by atoms with Gasteiger partial charge >= 0.3 is 0 Å². The zero-order valence-electron chi connectivity index (χ0n) is 19.4. The van der Waals surface area contributed by atoms with Gasteiger partial charge in [-0.15, -0.1) is 0 Å². The SMILES string of the molecule is O=S(=O)(Cc1ccc(-c2ccc(OCCCN3CCOCC3)cc2)cc1)NCc1ccccc1. The molecule has 3 aromatic rings. The van der Waals surface area contributed by atoms with Gasteiger partial charge in [-0.3, -0.25) is 4.90 Å². The van der Waals surface area contributed by atoms with E-state index in [4.69, 9.17) is 9.47 Å². The van der Waals surface area contributed by atoms with Gasteiger partial charge < -0.3 is 9.47 Å². The fraction of sp³-hybridized carbons (Fsp3) is 0.333. The van der Waals surface area contributed by atoms with Gasteiger partial charge in [0.1, 0.15) is 5.75 Å². The van der Waals surface area contributed by atoms with Gasteiger partial charge in [-0.2, -0.15) is 0 Å². The zero-order valence-corrected chi connectivity index (χ0v) is 20.2. The van der Waals surface area contributed by atoms with Crippen molar-refractivity contribution in [1.29, 1.82) is 0 Å². The summed E-state index contributed by atoms with van der Waals surface area (Å²) in [6.07, 6.45) is 0.992. The monoisotopic (exact) mass is 480 g/mol. The first kappa shape index (κ1) is 24.4. The van der Waals surface area contributed by atoms with Crippen LogP contribution in [-0.2, 0) is 27.1 Å². The van der Waals surface area contributed by atoms with Crippen molar-refractivity contribution in [2.24, 2.45) is 0 Å². The molecule has 0 atom stereocenters. The lowest BCUT2D eigenvalue weighted by molar-refractivity contribution is 0.0358. The molecule has 0 amide bonds. The van der Waals surface area contributed by atoms with Gasteiger partial charge in [0.2, 0.25) is 10.0 Å². The maximum absolute atomic E-state index is 12.4. The first-order valence-corrected chi connectivity index (χ1v) is 13.4. The molecular formula is C27H32N2O4S. The van der Waals surface area contributed by atoms with E-state index in [1.165, 1.54) is 0 Å². The van der Waals surface area contributed by atoms with Crippen molar-refractivity contribution in [2.75, 3.05) is 39.5 Å². The van der Waals surface area contributed by atoms with Crippen LogP contribution in [0.2, 0.25) is 0 Å². The van der Waals surface area contributed by atoms with Gasteiger partial charge in [0.05, 0.1) is 25.6 Å². The molecule has 0 bridgehead atoms. The Morgan fingerprint density at radius 3 is 2.15 bits per heavy atom. The molecule has 1 aliphatic rings. The summed E-state index contributed by atoms with van der Waals surface area (Å²) >= 11 is 0. The summed E-state index contributed by atoms with van der Waals surface area (Å²) in [7, 11) is -3.41. The average molecular weight is 481 g/mol. The minimum absolute atomic E-state index is 0.0443. The Kier molecular flexibility index (Phi) is 8.71. The predicted molar refractivity (Wildman–Crippen MR) is 135 cm³/mol. The minimum atomic E-state index is -3.41. The molecule has 0 aliphatic carbocycles. The summed E-state index contributed by atoms with van der Waals surface area (Å²) < 4.78 is 38.8. The molecule has 180 valence electrons. The van der Waals surface area contributed by atoms with Crippen molar-refractivity contribution >= 4 is 10.0 Å². The van der Waals surface area contributed by atoms with Gasteiger partial charge in [0.25, 0.3) is 0 Å². The number of ether oxygens (including phenoxy) is 2. The summed E-state index contributed by atoms with van der Waals surface area (Å²) in [5.74, 6) is 0.815. The Hall–Kier alpha value is -2.71. The molecule has 0 saturated carbocycles. The van der Waals surface area contributed by atoms with E-state index in [1.54, 1.807) is 0 Å². The van der Waals surface area contributed by atoms with Crippen molar-refractivity contribution in [3.63, 3.8) is 0 Å². The fourth-order valence-corrected chi connectivity index (χ4v) is 5.02. The third kappa shape index (κ3) is 7.67. The second-order valence-electron chi connectivity index (χ2n) is 8.44. The van der Waals surface area contributed by atoms with Gasteiger partial charge in [-0.05, 0) is 40.8 Å². The third-order valence-corrected chi connectivity index (χ3v) is 7.13. The normalized spacial score (nSPS) is 14.7. The van der Waals surface area contributed by atoms with Crippen LogP contribution in [0.3, 0.4) is 0 Å². The van der Waals surface area contributed by atoms with E-state index in [1.807, 2.05) is 78.9 Å². The second-order valence-corrected chi connectivity index (χ2v) is 10.2. The second kappa shape index (κ2) is 12.1. The van der Waals surface area contributed by atoms with Crippen LogP contribution >= 0.6 is 0 Å². The van der Waals surface area contributed by atoms with Crippen LogP contribution < -0.4 is 9.46 Å². The summed E-state index contributed by atoms with van der Waals surface area (Å²) in [5.41, 5.74) is 3.80. The first-order valence-electron chi connectivity index (χ1n) is 11.7. The molecule has 4 rings (SSSR count). The lowest BCUT2D eigenvalue weighted by Gasteiger charge is -2.26. The highest BCUT2D eigenvalue weighted by atomic mass is 32.2. The maximum Gasteiger partial charge on any atom is 0.216 e. The molecule has 1 N–H and O–H groups in total. The fourth-order valence-electron chi connectivity index (χ4n) is 3.90. The number of sulfonamides is 1. The number of morpholine rings is 1. The van der Waals surface area contributed by atoms with Crippen molar-refractivity contribution in [2.45, 2.75) is 18.7 Å². The van der Waals surface area contributed by atoms with E-state index in [9.17, 15) is 8.42 Å². The number of nitrogens with one attached hydrogen (secondary N) is 1. The highest BCUT2D eigenvalue weighted by Gasteiger charge is 2.12. The number of hydrogen-bond donors (Lipinski definition) is 1. The molecule has 1 heterocycles. The van der Waals surface area contributed by atoms with Crippen molar-refractivity contribution < 1.29 is 17.9 Å². The summed E-state index contributed by atoms with van der Waals surface area (Å²) in [4.78, 5) is 2.41. The molecule has 7 heteroatoms. The van der Waals surface area contributed by atoms with Crippen molar-refractivity contribution in [3.8, 4) is 16.9 Å². The first-order chi connectivity index (χ1) is 16.6. The summed E-state index contributed by atoms with van der Waals surface area (Å²) in [6, 6.07) is 25.2. The molecular weight excluding hydrogens is 448 g/mol. The van der Waals surface area contributed by atoms with Crippen LogP contribution in [0.5, 0.6) is 5.75 Å². The highest BCUT2D eigenvalue weighted by Crippen LogP contribution is 2.23. The molecule has 1 aliphatic heterocycles. The van der Waals surface area contributed by atoms with Crippen LogP contribution in [-0.4, -0.2) is 52.8 Å². The molecule has 0 radical (unpaired) electrons. The van der Waals surface area contributed by atoms with E-state index in [0.717, 1.165) is 67.3 Å². The highest BCUT2D eigenvalue weighted by molar-refractivity contribution is 7.88. The molecule has 6 nitrogen and oxygen atoms in total. The van der Waals surface area contributed by atoms with E-state index >= 15 is 0 Å². The van der Waals surface area contributed by atoms with E-state index in [0.29, 0.717) is 13.2 Å². The largest absolute Gasteiger partial charge is 0.494 e. The lowest BCUT2D eigenvalue weighted by atomic mass is 10.0. The Morgan fingerprint density at radius 1 is 0.824 bits per heavy atom. The molecule has 0 aromatic heterocycles. The smallest absolute Gasteiger partial charge is 0.216 e. The van der Waals surface area contributed by atoms with Crippen LogP contribution in [0.25, 0.3) is 11.1 Å².